The third-order valence-electron chi connectivity index (χ3n) is 6.83. The molecule has 0 aromatic heterocycles. The zero-order valence-corrected chi connectivity index (χ0v) is 17.8. The second-order valence-electron chi connectivity index (χ2n) is 8.24. The van der Waals surface area contributed by atoms with E-state index in [-0.39, 0.29) is 0 Å². The Morgan fingerprint density at radius 3 is 2.36 bits per heavy atom. The average Bonchev–Trinajstić information content (AvgIpc) is 3.03. The van der Waals surface area contributed by atoms with E-state index in [2.05, 4.69) is 55.0 Å². The smallest absolute Gasteiger partial charge is 0.238 e. The number of rotatable bonds is 6. The van der Waals surface area contributed by atoms with Gasteiger partial charge in [0, 0.05) is 18.0 Å². The summed E-state index contributed by atoms with van der Waals surface area (Å²) in [4.78, 5) is 2.66. The zero-order valence-electron chi connectivity index (χ0n) is 17.0. The highest BCUT2D eigenvalue weighted by Crippen LogP contribution is 2.39. The molecule has 2 unspecified atom stereocenters. The molecule has 0 bridgehead atoms. The van der Waals surface area contributed by atoms with Crippen molar-refractivity contribution in [3.05, 3.63) is 11.6 Å². The van der Waals surface area contributed by atoms with Crippen LogP contribution in [0.15, 0.2) is 11.6 Å². The van der Waals surface area contributed by atoms with Gasteiger partial charge in [0.2, 0.25) is 5.04 Å². The van der Waals surface area contributed by atoms with Crippen LogP contribution in [0.1, 0.15) is 79.1 Å². The molecule has 25 heavy (non-hydrogen) atoms. The van der Waals surface area contributed by atoms with E-state index in [0.29, 0.717) is 0 Å². The number of thioether (sulfide) groups is 1. The lowest BCUT2D eigenvalue weighted by Gasteiger charge is -2.35. The molecule has 3 rings (SSSR count). The summed E-state index contributed by atoms with van der Waals surface area (Å²) in [6.07, 6.45) is 13.9. The first kappa shape index (κ1) is 19.5. The highest BCUT2D eigenvalue weighted by atomic mass is 32.2. The second kappa shape index (κ2) is 9.08. The Bertz CT molecular complexity index is 498. The molecule has 2 atom stereocenters. The summed E-state index contributed by atoms with van der Waals surface area (Å²) in [6, 6.07) is 1.66. The van der Waals surface area contributed by atoms with Crippen molar-refractivity contribution in [2.45, 2.75) is 96.4 Å². The van der Waals surface area contributed by atoms with Crippen molar-refractivity contribution in [2.24, 2.45) is 5.92 Å². The van der Waals surface area contributed by atoms with Gasteiger partial charge in [-0.15, -0.1) is 0 Å². The summed E-state index contributed by atoms with van der Waals surface area (Å²) in [6.45, 7) is 13.0. The van der Waals surface area contributed by atoms with Crippen LogP contribution in [0.2, 0.25) is 0 Å². The Balaban J connectivity index is 1.64. The van der Waals surface area contributed by atoms with Crippen molar-refractivity contribution < 1.29 is 4.58 Å². The van der Waals surface area contributed by atoms with Crippen molar-refractivity contribution in [3.63, 3.8) is 0 Å². The lowest BCUT2D eigenvalue weighted by molar-refractivity contribution is -0.558. The Morgan fingerprint density at radius 2 is 1.72 bits per heavy atom. The minimum Gasteiger partial charge on any atom is -0.301 e. The van der Waals surface area contributed by atoms with Crippen molar-refractivity contribution in [1.29, 1.82) is 0 Å². The normalized spacial score (nSPS) is 33.9. The molecule has 0 saturated heterocycles. The fraction of sp³-hybridized carbons (Fsp3) is 0.864. The molecular formula is C22H39N2S+. The molecule has 2 nitrogen and oxygen atoms in total. The van der Waals surface area contributed by atoms with E-state index in [1.807, 2.05) is 0 Å². The molecule has 2 saturated carbocycles. The molecule has 3 heteroatoms. The van der Waals surface area contributed by atoms with Gasteiger partial charge in [0.1, 0.15) is 6.54 Å². The monoisotopic (exact) mass is 363 g/mol. The predicted octanol–water partition coefficient (Wildman–Crippen LogP) is 5.32. The SMILES string of the molecule is CCN(CC)C1CCC(/C=C(\C)C2=[N+](CC)C3CCCCC3S2)CC1. The van der Waals surface area contributed by atoms with Gasteiger partial charge in [0.05, 0.1) is 5.25 Å². The molecule has 0 radical (unpaired) electrons. The molecule has 1 aliphatic heterocycles. The van der Waals surface area contributed by atoms with E-state index < -0.39 is 0 Å². The van der Waals surface area contributed by atoms with Crippen LogP contribution in [-0.4, -0.2) is 51.5 Å². The Hall–Kier alpha value is -0.280. The van der Waals surface area contributed by atoms with Crippen LogP contribution in [0, 0.1) is 5.92 Å². The standard InChI is InChI=1S/C22H39N2S/c1-5-23(6-2)19-14-12-18(13-15-19)16-17(4)22-24(7-3)20-10-8-9-11-21(20)25-22/h16,18-21H,5-15H2,1-4H3/q+1/b17-16+. The zero-order chi connectivity index (χ0) is 17.8. The van der Waals surface area contributed by atoms with Gasteiger partial charge in [0.25, 0.3) is 0 Å². The average molecular weight is 364 g/mol. The van der Waals surface area contributed by atoms with Gasteiger partial charge in [0.15, 0.2) is 6.04 Å². The molecule has 0 N–H and O–H groups in total. The summed E-state index contributed by atoms with van der Waals surface area (Å²) in [5, 5.41) is 2.48. The first-order chi connectivity index (χ1) is 12.2. The number of nitrogens with zero attached hydrogens (tertiary/aromatic N) is 2. The third kappa shape index (κ3) is 4.35. The molecule has 2 fully saturated rings. The highest BCUT2D eigenvalue weighted by molar-refractivity contribution is 8.15. The quantitative estimate of drug-likeness (QED) is 0.589. The summed E-state index contributed by atoms with van der Waals surface area (Å²) in [5.74, 6) is 0.807. The minimum absolute atomic E-state index is 0.807. The number of fused-ring (bicyclic) bond motifs is 1. The molecule has 1 heterocycles. The van der Waals surface area contributed by atoms with Crippen molar-refractivity contribution in [2.75, 3.05) is 19.6 Å². The molecule has 0 aromatic carbocycles. The highest BCUT2D eigenvalue weighted by Gasteiger charge is 2.43. The molecular weight excluding hydrogens is 324 g/mol. The number of hydrogen-bond donors (Lipinski definition) is 0. The maximum atomic E-state index is 2.74. The van der Waals surface area contributed by atoms with Gasteiger partial charge in [-0.2, -0.15) is 0 Å². The first-order valence-corrected chi connectivity index (χ1v) is 11.8. The van der Waals surface area contributed by atoms with Crippen LogP contribution >= 0.6 is 11.8 Å². The van der Waals surface area contributed by atoms with Crippen LogP contribution in [0.4, 0.5) is 0 Å². The minimum atomic E-state index is 0.807. The Kier molecular flexibility index (Phi) is 7.08. The fourth-order valence-electron chi connectivity index (χ4n) is 5.43. The van der Waals surface area contributed by atoms with Gasteiger partial charge in [-0.25, -0.2) is 4.58 Å². The van der Waals surface area contributed by atoms with Gasteiger partial charge >= 0.3 is 0 Å². The molecule has 0 spiro atoms. The van der Waals surface area contributed by atoms with Gasteiger partial charge in [-0.05, 0) is 83.1 Å². The van der Waals surface area contributed by atoms with E-state index >= 15 is 0 Å². The molecule has 3 aliphatic rings. The van der Waals surface area contributed by atoms with E-state index in [1.54, 1.807) is 10.6 Å². The van der Waals surface area contributed by atoms with Gasteiger partial charge < -0.3 is 4.90 Å². The molecule has 0 amide bonds. The van der Waals surface area contributed by atoms with Gasteiger partial charge in [-0.1, -0.05) is 26.3 Å². The fourth-order valence-corrected chi connectivity index (χ4v) is 7.09. The predicted molar refractivity (Wildman–Crippen MR) is 112 cm³/mol. The van der Waals surface area contributed by atoms with E-state index in [4.69, 9.17) is 0 Å². The van der Waals surface area contributed by atoms with Crippen LogP contribution < -0.4 is 0 Å². The molecule has 142 valence electrons. The van der Waals surface area contributed by atoms with Crippen LogP contribution in [0.3, 0.4) is 0 Å². The lowest BCUT2D eigenvalue weighted by Crippen LogP contribution is -2.37. The Morgan fingerprint density at radius 1 is 1.04 bits per heavy atom. The Labute approximate surface area is 160 Å². The summed E-state index contributed by atoms with van der Waals surface area (Å²) >= 11 is 2.20. The topological polar surface area (TPSA) is 6.25 Å². The number of hydrogen-bond acceptors (Lipinski definition) is 2. The van der Waals surface area contributed by atoms with Crippen molar-refractivity contribution >= 4 is 16.8 Å². The van der Waals surface area contributed by atoms with Gasteiger partial charge in [-0.3, -0.25) is 0 Å². The van der Waals surface area contributed by atoms with Crippen molar-refractivity contribution in [1.82, 2.24) is 4.90 Å². The lowest BCUT2D eigenvalue weighted by atomic mass is 9.84. The maximum absolute atomic E-state index is 2.74. The van der Waals surface area contributed by atoms with E-state index in [9.17, 15) is 0 Å². The first-order valence-electron chi connectivity index (χ1n) is 10.9. The van der Waals surface area contributed by atoms with E-state index in [0.717, 1.165) is 23.3 Å². The van der Waals surface area contributed by atoms with Crippen LogP contribution in [0.25, 0.3) is 0 Å². The van der Waals surface area contributed by atoms with Crippen LogP contribution in [-0.2, 0) is 0 Å². The summed E-state index contributed by atoms with van der Waals surface area (Å²) in [7, 11) is 0. The number of allylic oxidation sites excluding steroid dienone is 1. The third-order valence-corrected chi connectivity index (χ3v) is 8.46. The van der Waals surface area contributed by atoms with E-state index in [1.165, 1.54) is 71.0 Å². The summed E-state index contributed by atoms with van der Waals surface area (Å²) in [5.41, 5.74) is 1.58. The van der Waals surface area contributed by atoms with Crippen LogP contribution in [0.5, 0.6) is 0 Å². The largest absolute Gasteiger partial charge is 0.301 e. The molecule has 0 aromatic rings. The molecule has 2 aliphatic carbocycles. The summed E-state index contributed by atoms with van der Waals surface area (Å²) < 4.78 is 2.74. The van der Waals surface area contributed by atoms with Crippen molar-refractivity contribution in [3.8, 4) is 0 Å². The second-order valence-corrected chi connectivity index (χ2v) is 9.47. The maximum Gasteiger partial charge on any atom is 0.238 e.